The number of carboxylic acid groups (broad SMARTS) is 2. The van der Waals surface area contributed by atoms with E-state index < -0.39 is 11.9 Å². The van der Waals surface area contributed by atoms with Crippen molar-refractivity contribution in [2.45, 2.75) is 35.6 Å². The molecule has 2 aliphatic heterocycles. The van der Waals surface area contributed by atoms with Gasteiger partial charge in [0.05, 0.1) is 0 Å². The van der Waals surface area contributed by atoms with E-state index in [0.29, 0.717) is 18.2 Å². The summed E-state index contributed by atoms with van der Waals surface area (Å²) in [7, 11) is 2.20. The minimum absolute atomic E-state index is 0.143. The Morgan fingerprint density at radius 3 is 2.30 bits per heavy atom. The monoisotopic (exact) mass is 472 g/mol. The molecule has 176 valence electrons. The zero-order valence-corrected chi connectivity index (χ0v) is 19.6. The first kappa shape index (κ1) is 25.0. The van der Waals surface area contributed by atoms with E-state index in [1.165, 1.54) is 21.6 Å². The summed E-state index contributed by atoms with van der Waals surface area (Å²) in [5, 5.41) is 15.6. The smallest absolute Gasteiger partial charge is 0.328 e. The number of carbonyl (C=O) groups is 2. The maximum atomic E-state index is 13.8. The first-order chi connectivity index (χ1) is 15.8. The third-order valence-corrected chi connectivity index (χ3v) is 7.04. The van der Waals surface area contributed by atoms with Crippen molar-refractivity contribution in [3.63, 3.8) is 0 Å². The highest BCUT2D eigenvalue weighted by Crippen LogP contribution is 2.43. The molecule has 8 heteroatoms. The summed E-state index contributed by atoms with van der Waals surface area (Å²) in [5.41, 5.74) is 4.07. The van der Waals surface area contributed by atoms with Gasteiger partial charge < -0.3 is 15.1 Å². The number of benzene rings is 2. The van der Waals surface area contributed by atoms with E-state index in [1.54, 1.807) is 23.9 Å². The van der Waals surface area contributed by atoms with Crippen molar-refractivity contribution in [1.29, 1.82) is 0 Å². The molecule has 2 aromatic rings. The van der Waals surface area contributed by atoms with Gasteiger partial charge in [0, 0.05) is 54.2 Å². The van der Waals surface area contributed by atoms with Gasteiger partial charge >= 0.3 is 11.9 Å². The van der Waals surface area contributed by atoms with Crippen LogP contribution in [0, 0.1) is 5.82 Å². The lowest BCUT2D eigenvalue weighted by atomic mass is 9.95. The van der Waals surface area contributed by atoms with E-state index in [2.05, 4.69) is 42.0 Å². The molecule has 2 heterocycles. The number of carboxylic acids is 2. The van der Waals surface area contributed by atoms with Crippen LogP contribution in [0.25, 0.3) is 0 Å². The Morgan fingerprint density at radius 1 is 1.03 bits per heavy atom. The number of hydrogen-bond donors (Lipinski definition) is 2. The standard InChI is InChI=1S/C21H25FN2S.C4H4O4/c1-3-15-4-7-20-18(12-15)19(24-10-8-23(2)9-11-24)13-16-5-6-17(22)14-21(16)25-20;5-3(6)1-2-4(7)8/h4-7,12,14,19H,3,8-11,13H2,1-2H3;1-2H,(H,5,6)(H,7,8)/b;2-1-. The first-order valence-electron chi connectivity index (χ1n) is 10.9. The van der Waals surface area contributed by atoms with Crippen molar-refractivity contribution < 1.29 is 24.2 Å². The SMILES string of the molecule is CCc1ccc2c(c1)C(N1CCN(C)CC1)Cc1ccc(F)cc1S2.O=C(O)/C=C\C(=O)O. The van der Waals surface area contributed by atoms with E-state index >= 15 is 0 Å². The predicted molar refractivity (Wildman–Crippen MR) is 126 cm³/mol. The van der Waals surface area contributed by atoms with Crippen molar-refractivity contribution in [2.75, 3.05) is 33.2 Å². The highest BCUT2D eigenvalue weighted by molar-refractivity contribution is 7.99. The fraction of sp³-hybridized carbons (Fsp3) is 0.360. The quantitative estimate of drug-likeness (QED) is 0.649. The molecule has 0 aliphatic carbocycles. The summed E-state index contributed by atoms with van der Waals surface area (Å²) in [5.74, 6) is -2.66. The highest BCUT2D eigenvalue weighted by atomic mass is 32.2. The van der Waals surface area contributed by atoms with E-state index in [1.807, 2.05) is 6.07 Å². The molecule has 0 aromatic heterocycles. The van der Waals surface area contributed by atoms with Crippen molar-refractivity contribution in [3.05, 3.63) is 71.1 Å². The van der Waals surface area contributed by atoms with Crippen LogP contribution in [0.4, 0.5) is 4.39 Å². The number of fused-ring (bicyclic) bond motifs is 2. The summed E-state index contributed by atoms with van der Waals surface area (Å²) >= 11 is 1.73. The molecule has 0 saturated carbocycles. The van der Waals surface area contributed by atoms with Crippen LogP contribution in [0.5, 0.6) is 0 Å². The van der Waals surface area contributed by atoms with Gasteiger partial charge in [0.25, 0.3) is 0 Å². The number of aryl methyl sites for hydroxylation is 1. The van der Waals surface area contributed by atoms with Crippen LogP contribution in [0.3, 0.4) is 0 Å². The Morgan fingerprint density at radius 2 is 1.70 bits per heavy atom. The molecule has 6 nitrogen and oxygen atoms in total. The summed E-state index contributed by atoms with van der Waals surface area (Å²) in [6, 6.07) is 12.5. The van der Waals surface area contributed by atoms with Crippen LogP contribution in [0.15, 0.2) is 58.3 Å². The molecular weight excluding hydrogens is 443 g/mol. The Balaban J connectivity index is 0.000000331. The van der Waals surface area contributed by atoms with Gasteiger partial charge in [0.15, 0.2) is 0 Å². The summed E-state index contributed by atoms with van der Waals surface area (Å²) in [6.07, 6.45) is 3.13. The normalized spacial score (nSPS) is 18.6. The van der Waals surface area contributed by atoms with Crippen molar-refractivity contribution in [2.24, 2.45) is 0 Å². The molecule has 1 fully saturated rings. The molecule has 1 atom stereocenters. The van der Waals surface area contributed by atoms with E-state index in [-0.39, 0.29) is 5.82 Å². The number of piperazine rings is 1. The Kier molecular flexibility index (Phi) is 8.66. The molecule has 0 bridgehead atoms. The molecule has 4 rings (SSSR count). The molecule has 0 radical (unpaired) electrons. The van der Waals surface area contributed by atoms with Crippen molar-refractivity contribution in [3.8, 4) is 0 Å². The van der Waals surface area contributed by atoms with Crippen LogP contribution >= 0.6 is 11.8 Å². The second kappa shape index (κ2) is 11.4. The maximum Gasteiger partial charge on any atom is 0.328 e. The van der Waals surface area contributed by atoms with E-state index in [0.717, 1.165) is 43.9 Å². The minimum Gasteiger partial charge on any atom is -0.478 e. The molecule has 33 heavy (non-hydrogen) atoms. The fourth-order valence-corrected chi connectivity index (χ4v) is 5.14. The summed E-state index contributed by atoms with van der Waals surface area (Å²) in [6.45, 7) is 6.63. The average molecular weight is 473 g/mol. The van der Waals surface area contributed by atoms with Gasteiger partial charge in [-0.2, -0.15) is 0 Å². The van der Waals surface area contributed by atoms with Gasteiger partial charge in [0.1, 0.15) is 5.82 Å². The molecule has 0 amide bonds. The van der Waals surface area contributed by atoms with Crippen molar-refractivity contribution >= 4 is 23.7 Å². The topological polar surface area (TPSA) is 81.1 Å². The third-order valence-electron chi connectivity index (χ3n) is 5.85. The van der Waals surface area contributed by atoms with Crippen LogP contribution in [0.1, 0.15) is 29.7 Å². The molecule has 1 unspecified atom stereocenters. The molecule has 2 N–H and O–H groups in total. The predicted octanol–water partition coefficient (Wildman–Crippen LogP) is 4.10. The second-order valence-corrected chi connectivity index (χ2v) is 9.23. The fourth-order valence-electron chi connectivity index (χ4n) is 4.00. The zero-order valence-electron chi connectivity index (χ0n) is 18.8. The number of nitrogens with zero attached hydrogens (tertiary/aromatic N) is 2. The van der Waals surface area contributed by atoms with Crippen LogP contribution in [-0.2, 0) is 22.4 Å². The van der Waals surface area contributed by atoms with E-state index in [9.17, 15) is 14.0 Å². The Labute approximate surface area is 197 Å². The van der Waals surface area contributed by atoms with Crippen molar-refractivity contribution in [1.82, 2.24) is 9.80 Å². The van der Waals surface area contributed by atoms with Gasteiger partial charge in [0.2, 0.25) is 0 Å². The van der Waals surface area contributed by atoms with Crippen LogP contribution in [0.2, 0.25) is 0 Å². The molecule has 0 spiro atoms. The number of rotatable bonds is 4. The Hall–Kier alpha value is -2.68. The lowest BCUT2D eigenvalue weighted by Crippen LogP contribution is -2.46. The first-order valence-corrected chi connectivity index (χ1v) is 11.7. The summed E-state index contributed by atoms with van der Waals surface area (Å²) < 4.78 is 13.8. The van der Waals surface area contributed by atoms with Gasteiger partial charge in [-0.25, -0.2) is 14.0 Å². The average Bonchev–Trinajstić information content (AvgIpc) is 2.94. The molecular formula is C25H29FN2O4S. The number of halogens is 1. The van der Waals surface area contributed by atoms with Crippen LogP contribution in [-0.4, -0.2) is 65.2 Å². The van der Waals surface area contributed by atoms with Gasteiger partial charge in [-0.15, -0.1) is 0 Å². The lowest BCUT2D eigenvalue weighted by molar-refractivity contribution is -0.134. The summed E-state index contributed by atoms with van der Waals surface area (Å²) in [4.78, 5) is 26.5. The van der Waals surface area contributed by atoms with Crippen LogP contribution < -0.4 is 0 Å². The van der Waals surface area contributed by atoms with Gasteiger partial charge in [-0.05, 0) is 54.8 Å². The number of aliphatic carboxylic acids is 2. The van der Waals surface area contributed by atoms with Gasteiger partial charge in [-0.3, -0.25) is 4.90 Å². The lowest BCUT2D eigenvalue weighted by Gasteiger charge is -2.38. The Bertz CT molecular complexity index is 1020. The second-order valence-electron chi connectivity index (χ2n) is 8.15. The zero-order chi connectivity index (χ0) is 24.0. The minimum atomic E-state index is -1.26. The third kappa shape index (κ3) is 6.90. The number of hydrogen-bond acceptors (Lipinski definition) is 5. The molecule has 1 saturated heterocycles. The molecule has 2 aromatic carbocycles. The number of likely N-dealkylation sites (N-methyl/N-ethyl adjacent to an activating group) is 1. The largest absolute Gasteiger partial charge is 0.478 e. The van der Waals surface area contributed by atoms with Gasteiger partial charge in [-0.1, -0.05) is 36.9 Å². The molecule has 2 aliphatic rings. The maximum absolute atomic E-state index is 13.8. The highest BCUT2D eigenvalue weighted by Gasteiger charge is 2.29. The van der Waals surface area contributed by atoms with E-state index in [4.69, 9.17) is 10.2 Å².